The van der Waals surface area contributed by atoms with Gasteiger partial charge in [-0.05, 0) is 37.6 Å². The zero-order valence-corrected chi connectivity index (χ0v) is 13.9. The first kappa shape index (κ1) is 14.7. The number of aryl methyl sites for hydroxylation is 1. The Bertz CT molecular complexity index is 727. The van der Waals surface area contributed by atoms with Crippen LogP contribution in [-0.2, 0) is 13.0 Å². The molecule has 3 heteroatoms. The monoisotopic (exact) mass is 308 g/mol. The lowest BCUT2D eigenvalue weighted by molar-refractivity contribution is 0.185. The quantitative estimate of drug-likeness (QED) is 0.924. The Morgan fingerprint density at radius 2 is 1.96 bits per heavy atom. The van der Waals surface area contributed by atoms with Crippen molar-refractivity contribution in [3.8, 4) is 0 Å². The molecule has 2 atom stereocenters. The first-order chi connectivity index (χ1) is 11.2. The maximum absolute atomic E-state index is 9.82. The van der Waals surface area contributed by atoms with Crippen LogP contribution in [0.2, 0.25) is 0 Å². The van der Waals surface area contributed by atoms with Gasteiger partial charge in [0.2, 0.25) is 0 Å². The van der Waals surface area contributed by atoms with Crippen LogP contribution in [0.4, 0.5) is 5.69 Å². The molecule has 1 aliphatic carbocycles. The third-order valence-electron chi connectivity index (χ3n) is 5.48. The van der Waals surface area contributed by atoms with Crippen molar-refractivity contribution in [2.24, 2.45) is 0 Å². The Morgan fingerprint density at radius 1 is 1.13 bits per heavy atom. The highest BCUT2D eigenvalue weighted by atomic mass is 16.3. The van der Waals surface area contributed by atoms with Crippen LogP contribution in [0.1, 0.15) is 28.3 Å². The highest BCUT2D eigenvalue weighted by Gasteiger charge is 2.42. The van der Waals surface area contributed by atoms with Gasteiger partial charge in [-0.1, -0.05) is 42.0 Å². The second-order valence-electron chi connectivity index (χ2n) is 6.88. The molecule has 1 N–H and O–H groups in total. The van der Waals surface area contributed by atoms with E-state index in [0.29, 0.717) is 12.1 Å². The van der Waals surface area contributed by atoms with Crippen molar-refractivity contribution in [3.05, 3.63) is 64.7 Å². The van der Waals surface area contributed by atoms with Crippen LogP contribution in [-0.4, -0.2) is 36.2 Å². The van der Waals surface area contributed by atoms with Crippen LogP contribution in [0.25, 0.3) is 0 Å². The van der Waals surface area contributed by atoms with Crippen molar-refractivity contribution in [3.63, 3.8) is 0 Å². The summed E-state index contributed by atoms with van der Waals surface area (Å²) in [5.41, 5.74) is 6.36. The molecule has 2 aliphatic rings. The second kappa shape index (κ2) is 5.66. The smallest absolute Gasteiger partial charge is 0.0704 e. The molecule has 4 rings (SSSR count). The minimum atomic E-state index is 0.0996. The fourth-order valence-corrected chi connectivity index (χ4v) is 4.29. The lowest BCUT2D eigenvalue weighted by atomic mass is 9.98. The van der Waals surface area contributed by atoms with E-state index < -0.39 is 0 Å². The molecule has 0 spiro atoms. The molecule has 1 aliphatic heterocycles. The lowest BCUT2D eigenvalue weighted by Gasteiger charge is -2.45. The summed E-state index contributed by atoms with van der Waals surface area (Å²) < 4.78 is 0. The summed E-state index contributed by atoms with van der Waals surface area (Å²) in [5, 5.41) is 9.82. The number of piperazine rings is 1. The van der Waals surface area contributed by atoms with E-state index in [0.717, 1.165) is 25.1 Å². The predicted octanol–water partition coefficient (Wildman–Crippen LogP) is 2.91. The van der Waals surface area contributed by atoms with Crippen molar-refractivity contribution in [2.45, 2.75) is 32.0 Å². The first-order valence-corrected chi connectivity index (χ1v) is 8.44. The van der Waals surface area contributed by atoms with Gasteiger partial charge >= 0.3 is 0 Å². The minimum Gasteiger partial charge on any atom is -0.392 e. The summed E-state index contributed by atoms with van der Waals surface area (Å²) >= 11 is 0. The number of hydrogen-bond acceptors (Lipinski definition) is 3. The first-order valence-electron chi connectivity index (χ1n) is 8.44. The van der Waals surface area contributed by atoms with Gasteiger partial charge in [-0.25, -0.2) is 0 Å². The molecule has 0 amide bonds. The molecule has 3 nitrogen and oxygen atoms in total. The van der Waals surface area contributed by atoms with E-state index in [1.54, 1.807) is 0 Å². The van der Waals surface area contributed by atoms with E-state index in [1.165, 1.54) is 22.4 Å². The van der Waals surface area contributed by atoms with Gasteiger partial charge in [0.15, 0.2) is 0 Å². The molecule has 2 aromatic rings. The summed E-state index contributed by atoms with van der Waals surface area (Å²) in [6.45, 7) is 4.25. The molecule has 2 aromatic carbocycles. The van der Waals surface area contributed by atoms with Crippen molar-refractivity contribution in [2.75, 3.05) is 25.0 Å². The van der Waals surface area contributed by atoms with Crippen molar-refractivity contribution >= 4 is 5.69 Å². The molecule has 0 bridgehead atoms. The van der Waals surface area contributed by atoms with E-state index in [9.17, 15) is 5.11 Å². The number of aliphatic hydroxyl groups excluding tert-OH is 1. The van der Waals surface area contributed by atoms with Gasteiger partial charge in [-0.3, -0.25) is 4.90 Å². The number of nitrogens with zero attached hydrogens (tertiary/aromatic N) is 2. The number of fused-ring (bicyclic) bond motifs is 3. The van der Waals surface area contributed by atoms with Crippen LogP contribution in [0.3, 0.4) is 0 Å². The topological polar surface area (TPSA) is 26.7 Å². The third kappa shape index (κ3) is 2.35. The normalized spacial score (nSPS) is 23.7. The van der Waals surface area contributed by atoms with Crippen molar-refractivity contribution in [1.82, 2.24) is 4.90 Å². The van der Waals surface area contributed by atoms with Gasteiger partial charge in [0, 0.05) is 30.4 Å². The number of benzene rings is 2. The van der Waals surface area contributed by atoms with E-state index in [4.69, 9.17) is 0 Å². The fourth-order valence-electron chi connectivity index (χ4n) is 4.29. The SMILES string of the molecule is Cc1ccc(N2CCN(C)[C@H]3Cc4ccccc4[C@@H]32)c(CO)c1. The largest absolute Gasteiger partial charge is 0.392 e. The van der Waals surface area contributed by atoms with E-state index in [2.05, 4.69) is 66.2 Å². The zero-order chi connectivity index (χ0) is 16.0. The van der Waals surface area contributed by atoms with E-state index in [-0.39, 0.29) is 6.61 Å². The number of hydrogen-bond donors (Lipinski definition) is 1. The number of aliphatic hydroxyl groups is 1. The predicted molar refractivity (Wildman–Crippen MR) is 93.8 cm³/mol. The average molecular weight is 308 g/mol. The second-order valence-corrected chi connectivity index (χ2v) is 6.88. The van der Waals surface area contributed by atoms with Crippen LogP contribution in [0.5, 0.6) is 0 Å². The molecule has 1 saturated heterocycles. The number of likely N-dealkylation sites (N-methyl/N-ethyl adjacent to an activating group) is 1. The summed E-state index contributed by atoms with van der Waals surface area (Å²) in [7, 11) is 2.24. The van der Waals surface area contributed by atoms with Gasteiger partial charge in [0.25, 0.3) is 0 Å². The lowest BCUT2D eigenvalue weighted by Crippen LogP contribution is -2.52. The molecule has 0 radical (unpaired) electrons. The molecule has 0 unspecified atom stereocenters. The molecule has 1 heterocycles. The van der Waals surface area contributed by atoms with Crippen LogP contribution in [0.15, 0.2) is 42.5 Å². The zero-order valence-electron chi connectivity index (χ0n) is 13.9. The molecular weight excluding hydrogens is 284 g/mol. The summed E-state index contributed by atoms with van der Waals surface area (Å²) in [4.78, 5) is 5.01. The highest BCUT2D eigenvalue weighted by Crippen LogP contribution is 2.43. The van der Waals surface area contributed by atoms with Gasteiger partial charge in [0.05, 0.1) is 12.6 Å². The standard InChI is InChI=1S/C20H24N2O/c1-14-7-8-18(16(11-14)13-23)22-10-9-21(2)19-12-15-5-3-4-6-17(15)20(19)22/h3-8,11,19-20,23H,9-10,12-13H2,1-2H3/t19-,20-/m0/s1. The molecular formula is C20H24N2O. The Morgan fingerprint density at radius 3 is 2.78 bits per heavy atom. The fraction of sp³-hybridized carbons (Fsp3) is 0.400. The Hall–Kier alpha value is -1.84. The van der Waals surface area contributed by atoms with Gasteiger partial charge in [-0.15, -0.1) is 0 Å². The summed E-state index contributed by atoms with van der Waals surface area (Å²) in [5.74, 6) is 0. The molecule has 0 aromatic heterocycles. The number of anilines is 1. The summed E-state index contributed by atoms with van der Waals surface area (Å²) in [6.07, 6.45) is 1.12. The average Bonchev–Trinajstić information content (AvgIpc) is 2.96. The third-order valence-corrected chi connectivity index (χ3v) is 5.48. The molecule has 120 valence electrons. The van der Waals surface area contributed by atoms with Crippen LogP contribution < -0.4 is 4.90 Å². The Kier molecular flexibility index (Phi) is 3.63. The minimum absolute atomic E-state index is 0.0996. The van der Waals surface area contributed by atoms with Crippen LogP contribution >= 0.6 is 0 Å². The van der Waals surface area contributed by atoms with Gasteiger partial charge in [-0.2, -0.15) is 0 Å². The maximum atomic E-state index is 9.82. The van der Waals surface area contributed by atoms with Crippen molar-refractivity contribution < 1.29 is 5.11 Å². The summed E-state index contributed by atoms with van der Waals surface area (Å²) in [6, 6.07) is 16.2. The highest BCUT2D eigenvalue weighted by molar-refractivity contribution is 5.59. The van der Waals surface area contributed by atoms with E-state index >= 15 is 0 Å². The van der Waals surface area contributed by atoms with E-state index in [1.807, 2.05) is 0 Å². The molecule has 1 fully saturated rings. The Labute approximate surface area is 138 Å². The van der Waals surface area contributed by atoms with Crippen LogP contribution in [0, 0.1) is 6.92 Å². The van der Waals surface area contributed by atoms with Crippen molar-refractivity contribution in [1.29, 1.82) is 0 Å². The Balaban J connectivity index is 1.80. The van der Waals surface area contributed by atoms with Gasteiger partial charge in [0.1, 0.15) is 0 Å². The van der Waals surface area contributed by atoms with Gasteiger partial charge < -0.3 is 10.0 Å². The molecule has 0 saturated carbocycles. The molecule has 23 heavy (non-hydrogen) atoms. The maximum Gasteiger partial charge on any atom is 0.0704 e. The number of rotatable bonds is 2.